The highest BCUT2D eigenvalue weighted by Gasteiger charge is 2.41. The van der Waals surface area contributed by atoms with Gasteiger partial charge in [-0.15, -0.1) is 0 Å². The van der Waals surface area contributed by atoms with Crippen LogP contribution in [0.15, 0.2) is 54.6 Å². The monoisotopic (exact) mass is 678 g/mol. The van der Waals surface area contributed by atoms with Crippen LogP contribution in [0.3, 0.4) is 0 Å². The first-order valence-corrected chi connectivity index (χ1v) is 14.3. The van der Waals surface area contributed by atoms with Crippen molar-refractivity contribution in [3.63, 3.8) is 0 Å². The Balaban J connectivity index is 2.32. The number of carbonyl (C=O) groups is 1. The third-order valence-electron chi connectivity index (χ3n) is 7.66. The van der Waals surface area contributed by atoms with E-state index < -0.39 is 70.9 Å². The van der Waals surface area contributed by atoms with Gasteiger partial charge in [0.15, 0.2) is 0 Å². The van der Waals surface area contributed by atoms with Gasteiger partial charge in [-0.1, -0.05) is 46.8 Å². The fraction of sp³-hybridized carbons (Fsp3) is 0.424. The average molecular weight is 679 g/mol. The van der Waals surface area contributed by atoms with Crippen LogP contribution in [0.4, 0.5) is 44.3 Å². The molecule has 1 amide bonds. The highest BCUT2D eigenvalue weighted by atomic mass is 19.4. The van der Waals surface area contributed by atoms with E-state index in [0.717, 1.165) is 17.7 Å². The van der Waals surface area contributed by atoms with Gasteiger partial charge in [-0.3, -0.25) is 4.90 Å². The smallest absolute Gasteiger partial charge is 0.416 e. The van der Waals surface area contributed by atoms with Crippen molar-refractivity contribution in [2.45, 2.75) is 71.1 Å². The lowest BCUT2D eigenvalue weighted by Gasteiger charge is -2.41. The molecule has 2 unspecified atom stereocenters. The van der Waals surface area contributed by atoms with Crippen molar-refractivity contribution in [2.24, 2.45) is 11.1 Å². The Kier molecular flexibility index (Phi) is 10.6. The molecule has 0 heterocycles. The van der Waals surface area contributed by atoms with Crippen LogP contribution in [-0.2, 0) is 18.5 Å². The van der Waals surface area contributed by atoms with Gasteiger partial charge in [-0.05, 0) is 76.1 Å². The summed E-state index contributed by atoms with van der Waals surface area (Å²) in [6.45, 7) is 7.53. The topological polar surface area (TPSA) is 75.8 Å². The second-order valence-corrected chi connectivity index (χ2v) is 12.6. The van der Waals surface area contributed by atoms with Crippen molar-refractivity contribution in [1.82, 2.24) is 4.90 Å². The molecule has 0 aliphatic carbocycles. The number of nitrogens with zero attached hydrogens (tertiary/aromatic N) is 1. The summed E-state index contributed by atoms with van der Waals surface area (Å²) in [4.78, 5) is 13.5. The minimum atomic E-state index is -5.19. The molecule has 0 aliphatic rings. The van der Waals surface area contributed by atoms with Crippen molar-refractivity contribution in [3.8, 4) is 16.9 Å². The van der Waals surface area contributed by atoms with Gasteiger partial charge in [0.2, 0.25) is 0 Å². The SMILES string of the molecule is COc1ccc(C(C)C)cc1-c1ccc(C(F)(F)F)cc1C(N(CC(N)c1cc(C(F)(F)F)cc(C(F)(F)F)c1)C(=O)O)C(C)(C)C. The van der Waals surface area contributed by atoms with Gasteiger partial charge in [0, 0.05) is 18.2 Å². The maximum atomic E-state index is 14.1. The molecular weight excluding hydrogens is 643 g/mol. The number of hydrogen-bond donors (Lipinski definition) is 2. The lowest BCUT2D eigenvalue weighted by molar-refractivity contribution is -0.143. The zero-order chi connectivity index (χ0) is 35.9. The Labute approximate surface area is 266 Å². The summed E-state index contributed by atoms with van der Waals surface area (Å²) in [5, 5.41) is 10.4. The van der Waals surface area contributed by atoms with Crippen molar-refractivity contribution >= 4 is 6.09 Å². The molecule has 3 rings (SSSR count). The average Bonchev–Trinajstić information content (AvgIpc) is 2.93. The lowest BCUT2D eigenvalue weighted by Crippen LogP contribution is -2.44. The molecule has 3 aromatic carbocycles. The molecule has 14 heteroatoms. The fourth-order valence-corrected chi connectivity index (χ4v) is 5.41. The Hall–Kier alpha value is -3.94. The van der Waals surface area contributed by atoms with E-state index in [1.807, 2.05) is 13.8 Å². The third kappa shape index (κ3) is 8.70. The number of amides is 1. The largest absolute Gasteiger partial charge is 0.496 e. The molecule has 3 N–H and O–H groups in total. The van der Waals surface area contributed by atoms with Crippen LogP contribution >= 0.6 is 0 Å². The summed E-state index contributed by atoms with van der Waals surface area (Å²) in [5.41, 5.74) is 1.06. The Morgan fingerprint density at radius 1 is 0.766 bits per heavy atom. The summed E-state index contributed by atoms with van der Waals surface area (Å²) in [7, 11) is 1.35. The van der Waals surface area contributed by atoms with Gasteiger partial charge >= 0.3 is 24.6 Å². The Bertz CT molecular complexity index is 1560. The summed E-state index contributed by atoms with van der Waals surface area (Å²) in [6, 6.07) is 5.41. The van der Waals surface area contributed by atoms with E-state index in [-0.39, 0.29) is 28.9 Å². The van der Waals surface area contributed by atoms with E-state index in [1.165, 1.54) is 33.9 Å². The van der Waals surface area contributed by atoms with Crippen molar-refractivity contribution in [1.29, 1.82) is 0 Å². The first kappa shape index (κ1) is 37.5. The Morgan fingerprint density at radius 2 is 1.30 bits per heavy atom. The maximum Gasteiger partial charge on any atom is 0.416 e. The lowest BCUT2D eigenvalue weighted by atomic mass is 9.77. The standard InChI is InChI=1S/C33H35F9N2O3/c1-17(2)18-7-10-27(47-6)24(13-18)23-9-8-20(31(34,35)36)15-25(23)28(30(3,4)5)44(29(45)46)16-26(43)19-11-21(32(37,38)39)14-22(12-19)33(40,41)42/h7-15,17,26,28H,16,43H2,1-6H3,(H,45,46). The fourth-order valence-electron chi connectivity index (χ4n) is 5.41. The predicted octanol–water partition coefficient (Wildman–Crippen LogP) is 10.3. The molecule has 3 aromatic rings. The highest BCUT2D eigenvalue weighted by Crippen LogP contribution is 2.47. The quantitative estimate of drug-likeness (QED) is 0.233. The first-order chi connectivity index (χ1) is 21.4. The van der Waals surface area contributed by atoms with Gasteiger partial charge in [-0.25, -0.2) is 4.79 Å². The number of hydrogen-bond acceptors (Lipinski definition) is 3. The zero-order valence-electron chi connectivity index (χ0n) is 26.3. The van der Waals surface area contributed by atoms with E-state index in [4.69, 9.17) is 10.5 Å². The molecule has 2 atom stereocenters. The number of ether oxygens (including phenoxy) is 1. The number of halogens is 9. The van der Waals surface area contributed by atoms with Crippen molar-refractivity contribution in [3.05, 3.63) is 88.0 Å². The molecule has 0 radical (unpaired) electrons. The second-order valence-electron chi connectivity index (χ2n) is 12.6. The molecule has 0 spiro atoms. The maximum absolute atomic E-state index is 14.1. The van der Waals surface area contributed by atoms with Crippen LogP contribution in [0.25, 0.3) is 11.1 Å². The van der Waals surface area contributed by atoms with E-state index in [0.29, 0.717) is 22.6 Å². The highest BCUT2D eigenvalue weighted by molar-refractivity contribution is 5.76. The first-order valence-electron chi connectivity index (χ1n) is 14.3. The molecule has 0 saturated carbocycles. The number of carboxylic acid groups (broad SMARTS) is 1. The summed E-state index contributed by atoms with van der Waals surface area (Å²) in [6.07, 6.45) is -16.9. The summed E-state index contributed by atoms with van der Waals surface area (Å²) >= 11 is 0. The van der Waals surface area contributed by atoms with Gasteiger partial charge < -0.3 is 15.6 Å². The van der Waals surface area contributed by atoms with Gasteiger partial charge in [-0.2, -0.15) is 39.5 Å². The molecule has 5 nitrogen and oxygen atoms in total. The van der Waals surface area contributed by atoms with Gasteiger partial charge in [0.1, 0.15) is 5.75 Å². The van der Waals surface area contributed by atoms with E-state index in [9.17, 15) is 49.4 Å². The van der Waals surface area contributed by atoms with Gasteiger partial charge in [0.05, 0.1) is 29.8 Å². The number of benzene rings is 3. The normalized spacial score (nSPS) is 14.2. The molecule has 258 valence electrons. The zero-order valence-corrected chi connectivity index (χ0v) is 26.3. The van der Waals surface area contributed by atoms with Crippen LogP contribution in [0.2, 0.25) is 0 Å². The molecule has 0 fully saturated rings. The molecule has 0 bridgehead atoms. The van der Waals surface area contributed by atoms with Crippen LogP contribution in [0.1, 0.15) is 86.0 Å². The minimum absolute atomic E-state index is 0.0152. The van der Waals surface area contributed by atoms with Crippen LogP contribution in [0, 0.1) is 5.41 Å². The number of alkyl halides is 9. The molecule has 0 aliphatic heterocycles. The number of nitrogens with two attached hydrogens (primary N) is 1. The van der Waals surface area contributed by atoms with E-state index >= 15 is 0 Å². The summed E-state index contributed by atoms with van der Waals surface area (Å²) < 4.78 is 129. The van der Waals surface area contributed by atoms with E-state index in [1.54, 1.807) is 18.2 Å². The van der Waals surface area contributed by atoms with Crippen LogP contribution in [-0.4, -0.2) is 29.8 Å². The third-order valence-corrected chi connectivity index (χ3v) is 7.66. The predicted molar refractivity (Wildman–Crippen MR) is 158 cm³/mol. The minimum Gasteiger partial charge on any atom is -0.496 e. The van der Waals surface area contributed by atoms with Gasteiger partial charge in [0.25, 0.3) is 0 Å². The Morgan fingerprint density at radius 3 is 1.72 bits per heavy atom. The molecule has 0 saturated heterocycles. The molecule has 0 aromatic heterocycles. The number of methoxy groups -OCH3 is 1. The van der Waals surface area contributed by atoms with Crippen LogP contribution < -0.4 is 10.5 Å². The van der Waals surface area contributed by atoms with E-state index in [2.05, 4.69) is 0 Å². The van der Waals surface area contributed by atoms with Crippen molar-refractivity contribution in [2.75, 3.05) is 13.7 Å². The second kappa shape index (κ2) is 13.3. The summed E-state index contributed by atoms with van der Waals surface area (Å²) in [5.74, 6) is 0.254. The number of rotatable bonds is 8. The van der Waals surface area contributed by atoms with Crippen molar-refractivity contribution < 1.29 is 54.2 Å². The van der Waals surface area contributed by atoms with Crippen LogP contribution in [0.5, 0.6) is 5.75 Å². The molecule has 47 heavy (non-hydrogen) atoms. The molecular formula is C33H35F9N2O3.